The van der Waals surface area contributed by atoms with Crippen molar-refractivity contribution in [3.63, 3.8) is 0 Å². The summed E-state index contributed by atoms with van der Waals surface area (Å²) >= 11 is 0. The van der Waals surface area contributed by atoms with Crippen molar-refractivity contribution in [1.29, 1.82) is 0 Å². The largest absolute Gasteiger partial charge is 0.368 e. The Balaban J connectivity index is 2.02. The van der Waals surface area contributed by atoms with Crippen LogP contribution in [0.1, 0.15) is 33.1 Å². The first-order valence-electron chi connectivity index (χ1n) is 5.04. The Morgan fingerprint density at radius 3 is 2.62 bits per heavy atom. The molecule has 3 nitrogen and oxygen atoms in total. The summed E-state index contributed by atoms with van der Waals surface area (Å²) in [6, 6.07) is 0. The van der Waals surface area contributed by atoms with Crippen LogP contribution < -0.4 is 0 Å². The third kappa shape index (κ3) is 1.46. The molecule has 2 fully saturated rings. The summed E-state index contributed by atoms with van der Waals surface area (Å²) in [5, 5.41) is 0. The maximum atomic E-state index is 11.8. The van der Waals surface area contributed by atoms with E-state index >= 15 is 0 Å². The van der Waals surface area contributed by atoms with Crippen LogP contribution in [0.3, 0.4) is 0 Å². The van der Waals surface area contributed by atoms with Crippen molar-refractivity contribution in [1.82, 2.24) is 4.90 Å². The van der Waals surface area contributed by atoms with Gasteiger partial charge >= 0.3 is 0 Å². The van der Waals surface area contributed by atoms with E-state index < -0.39 is 0 Å². The van der Waals surface area contributed by atoms with E-state index in [1.54, 1.807) is 0 Å². The topological polar surface area (TPSA) is 29.5 Å². The van der Waals surface area contributed by atoms with E-state index in [9.17, 15) is 4.79 Å². The van der Waals surface area contributed by atoms with E-state index in [0.29, 0.717) is 0 Å². The molecule has 1 amide bonds. The van der Waals surface area contributed by atoms with Gasteiger partial charge in [0.05, 0.1) is 6.61 Å². The van der Waals surface area contributed by atoms with Gasteiger partial charge in [0, 0.05) is 18.5 Å². The van der Waals surface area contributed by atoms with E-state index in [1.807, 2.05) is 4.90 Å². The number of carbonyl (C=O) groups excluding carboxylic acids is 1. The van der Waals surface area contributed by atoms with Crippen molar-refractivity contribution >= 4 is 5.91 Å². The van der Waals surface area contributed by atoms with Crippen LogP contribution in [-0.4, -0.2) is 35.6 Å². The fraction of sp³-hybridized carbons (Fsp3) is 0.900. The minimum Gasteiger partial charge on any atom is -0.368 e. The third-order valence-electron chi connectivity index (χ3n) is 3.14. The first kappa shape index (κ1) is 9.00. The number of hydrogen-bond acceptors (Lipinski definition) is 2. The Labute approximate surface area is 79.0 Å². The number of nitrogens with zero attached hydrogens (tertiary/aromatic N) is 1. The number of hydrogen-bond donors (Lipinski definition) is 0. The van der Waals surface area contributed by atoms with Gasteiger partial charge in [0.15, 0.2) is 0 Å². The molecule has 0 aromatic heterocycles. The zero-order valence-electron chi connectivity index (χ0n) is 8.38. The van der Waals surface area contributed by atoms with E-state index in [0.717, 1.165) is 32.4 Å². The molecule has 3 heteroatoms. The number of amides is 1. The number of ether oxygens (including phenoxy) is 1. The van der Waals surface area contributed by atoms with Gasteiger partial charge < -0.3 is 9.64 Å². The maximum Gasteiger partial charge on any atom is 0.252 e. The maximum absolute atomic E-state index is 11.8. The molecule has 0 saturated carbocycles. The number of carbonyl (C=O) groups is 1. The van der Waals surface area contributed by atoms with Gasteiger partial charge in [-0.1, -0.05) is 0 Å². The molecule has 2 heterocycles. The lowest BCUT2D eigenvalue weighted by molar-refractivity contribution is -0.159. The molecule has 1 unspecified atom stereocenters. The van der Waals surface area contributed by atoms with Crippen molar-refractivity contribution in [3.8, 4) is 0 Å². The van der Waals surface area contributed by atoms with E-state index in [4.69, 9.17) is 4.74 Å². The standard InChI is InChI=1S/C10H17NO2/c1-10(2)5-3-6-11(10)9(12)8-4-7-13-8/h8H,3-7H2,1-2H3. The summed E-state index contributed by atoms with van der Waals surface area (Å²) in [6.07, 6.45) is 3.03. The second-order valence-electron chi connectivity index (χ2n) is 4.55. The summed E-state index contributed by atoms with van der Waals surface area (Å²) in [7, 11) is 0. The first-order chi connectivity index (χ1) is 6.11. The Hall–Kier alpha value is -0.570. The van der Waals surface area contributed by atoms with E-state index in [2.05, 4.69) is 13.8 Å². The van der Waals surface area contributed by atoms with Crippen molar-refractivity contribution in [2.75, 3.05) is 13.2 Å². The van der Waals surface area contributed by atoms with Crippen LogP contribution in [-0.2, 0) is 9.53 Å². The van der Waals surface area contributed by atoms with Crippen LogP contribution >= 0.6 is 0 Å². The monoisotopic (exact) mass is 183 g/mol. The molecular formula is C10H17NO2. The van der Waals surface area contributed by atoms with Crippen LogP contribution in [0.25, 0.3) is 0 Å². The molecule has 74 valence electrons. The number of likely N-dealkylation sites (tertiary alicyclic amines) is 1. The highest BCUT2D eigenvalue weighted by Gasteiger charge is 2.40. The van der Waals surface area contributed by atoms with Gasteiger partial charge in [-0.05, 0) is 26.7 Å². The predicted molar refractivity (Wildman–Crippen MR) is 49.4 cm³/mol. The highest BCUT2D eigenvalue weighted by molar-refractivity contribution is 5.82. The minimum atomic E-state index is -0.127. The zero-order valence-corrected chi connectivity index (χ0v) is 8.38. The van der Waals surface area contributed by atoms with Crippen molar-refractivity contribution < 1.29 is 9.53 Å². The SMILES string of the molecule is CC1(C)CCCN1C(=O)C1CCO1. The molecule has 2 aliphatic heterocycles. The Morgan fingerprint density at radius 2 is 2.23 bits per heavy atom. The quantitative estimate of drug-likeness (QED) is 0.611. The highest BCUT2D eigenvalue weighted by Crippen LogP contribution is 2.30. The molecule has 0 N–H and O–H groups in total. The average molecular weight is 183 g/mol. The van der Waals surface area contributed by atoms with Crippen molar-refractivity contribution in [2.24, 2.45) is 0 Å². The van der Waals surface area contributed by atoms with Crippen LogP contribution in [0.15, 0.2) is 0 Å². The average Bonchev–Trinajstić information content (AvgIpc) is 2.25. The van der Waals surface area contributed by atoms with E-state index in [-0.39, 0.29) is 17.6 Å². The molecule has 2 aliphatic rings. The molecule has 2 rings (SSSR count). The lowest BCUT2D eigenvalue weighted by atomic mass is 10.0. The molecule has 0 aromatic carbocycles. The van der Waals surface area contributed by atoms with Crippen LogP contribution in [0.4, 0.5) is 0 Å². The van der Waals surface area contributed by atoms with Gasteiger partial charge in [-0.15, -0.1) is 0 Å². The lowest BCUT2D eigenvalue weighted by Crippen LogP contribution is -2.51. The Morgan fingerprint density at radius 1 is 1.54 bits per heavy atom. The van der Waals surface area contributed by atoms with Crippen molar-refractivity contribution in [2.45, 2.75) is 44.8 Å². The summed E-state index contributed by atoms with van der Waals surface area (Å²) in [5.41, 5.74) is 0.0516. The third-order valence-corrected chi connectivity index (χ3v) is 3.14. The minimum absolute atomic E-state index is 0.0516. The molecular weight excluding hydrogens is 166 g/mol. The highest BCUT2D eigenvalue weighted by atomic mass is 16.5. The van der Waals surface area contributed by atoms with Crippen LogP contribution in [0.2, 0.25) is 0 Å². The van der Waals surface area contributed by atoms with Gasteiger partial charge in [-0.2, -0.15) is 0 Å². The molecule has 1 atom stereocenters. The zero-order chi connectivity index (χ0) is 9.47. The normalized spacial score (nSPS) is 31.5. The molecule has 0 aromatic rings. The first-order valence-corrected chi connectivity index (χ1v) is 5.04. The van der Waals surface area contributed by atoms with Gasteiger partial charge in [0.25, 0.3) is 5.91 Å². The Bertz CT molecular complexity index is 221. The lowest BCUT2D eigenvalue weighted by Gasteiger charge is -2.37. The van der Waals surface area contributed by atoms with Crippen LogP contribution in [0, 0.1) is 0 Å². The molecule has 13 heavy (non-hydrogen) atoms. The molecule has 0 spiro atoms. The fourth-order valence-corrected chi connectivity index (χ4v) is 2.12. The smallest absolute Gasteiger partial charge is 0.252 e. The second-order valence-corrected chi connectivity index (χ2v) is 4.55. The molecule has 2 saturated heterocycles. The fourth-order valence-electron chi connectivity index (χ4n) is 2.12. The Kier molecular flexibility index (Phi) is 2.06. The van der Waals surface area contributed by atoms with Crippen molar-refractivity contribution in [3.05, 3.63) is 0 Å². The molecule has 0 bridgehead atoms. The van der Waals surface area contributed by atoms with Gasteiger partial charge in [0.1, 0.15) is 6.10 Å². The van der Waals surface area contributed by atoms with E-state index in [1.165, 1.54) is 0 Å². The molecule has 0 aliphatic carbocycles. The summed E-state index contributed by atoms with van der Waals surface area (Å²) in [5.74, 6) is 0.203. The van der Waals surface area contributed by atoms with Gasteiger partial charge in [-0.25, -0.2) is 0 Å². The number of rotatable bonds is 1. The predicted octanol–water partition coefficient (Wildman–Crippen LogP) is 1.18. The van der Waals surface area contributed by atoms with Gasteiger partial charge in [0.2, 0.25) is 0 Å². The van der Waals surface area contributed by atoms with Crippen LogP contribution in [0.5, 0.6) is 0 Å². The molecule has 0 radical (unpaired) electrons. The summed E-state index contributed by atoms with van der Waals surface area (Å²) < 4.78 is 5.21. The summed E-state index contributed by atoms with van der Waals surface area (Å²) in [4.78, 5) is 13.8. The van der Waals surface area contributed by atoms with Gasteiger partial charge in [-0.3, -0.25) is 4.79 Å². The second kappa shape index (κ2) is 2.98. The summed E-state index contributed by atoms with van der Waals surface area (Å²) in [6.45, 7) is 5.93.